The Morgan fingerprint density at radius 2 is 1.10 bits per heavy atom. The summed E-state index contributed by atoms with van der Waals surface area (Å²) in [5.74, 6) is 15.0. The van der Waals surface area contributed by atoms with Gasteiger partial charge in [-0.15, -0.1) is 17.9 Å². The molecule has 2 aromatic rings. The number of fused-ring (bicyclic) bond motifs is 11. The lowest BCUT2D eigenvalue weighted by Crippen LogP contribution is -2.50. The molecule has 0 N–H and O–H groups in total. The van der Waals surface area contributed by atoms with E-state index in [9.17, 15) is 8.42 Å². The summed E-state index contributed by atoms with van der Waals surface area (Å²) >= 11 is 1.33. The van der Waals surface area contributed by atoms with Crippen LogP contribution >= 0.6 is 11.3 Å². The molecule has 0 aliphatic heterocycles. The first-order valence-electron chi connectivity index (χ1n) is 33.9. The van der Waals surface area contributed by atoms with Gasteiger partial charge in [-0.1, -0.05) is 137 Å². The van der Waals surface area contributed by atoms with Crippen LogP contribution < -0.4 is 0 Å². The van der Waals surface area contributed by atoms with Crippen LogP contribution in [0.25, 0.3) is 10.2 Å². The summed E-state index contributed by atoms with van der Waals surface area (Å²) < 4.78 is 28.1. The van der Waals surface area contributed by atoms with Gasteiger partial charge in [0.25, 0.3) is 0 Å². The molecule has 10 aliphatic rings. The Morgan fingerprint density at radius 3 is 1.61 bits per heavy atom. The molecule has 12 rings (SSSR count). The van der Waals surface area contributed by atoms with Gasteiger partial charge < -0.3 is 0 Å². The number of allylic oxidation sites excluding steroid dienone is 7. The predicted octanol–water partition coefficient (Wildman–Crippen LogP) is 21.4. The quantitative estimate of drug-likeness (QED) is 0.223. The summed E-state index contributed by atoms with van der Waals surface area (Å²) in [6.45, 7) is 33.6. The van der Waals surface area contributed by atoms with Crippen molar-refractivity contribution in [2.24, 2.45) is 128 Å². The molecular weight excluding hydrogens is 999 g/mol. The van der Waals surface area contributed by atoms with Crippen LogP contribution in [0.2, 0.25) is 0 Å². The lowest BCUT2D eigenvalue weighted by atomic mass is 9.46. The van der Waals surface area contributed by atoms with E-state index in [0.29, 0.717) is 26.5 Å². The van der Waals surface area contributed by atoms with Crippen molar-refractivity contribution in [3.63, 3.8) is 0 Å². The third-order valence-electron chi connectivity index (χ3n) is 26.7. The molecule has 5 heteroatoms. The number of rotatable bonds is 10. The SMILES string of the molecule is C=CC1CCC(C(C)C)CC1.CC(C)C1CCC(/C=C/[C@@H](C)[C@H]2CC[C@H]3[C@@H]4CC=C5C[C@@H](C)CC[C@]5(C)[C@H]4CC[C@]23C)CC1.C[C@H]1CC[C@@]2(C)C(=CC[C@H]3[C@@H]4CC[C@H]([C@H](C)CS(=O)(=O)c5nc6ccccc6s5)[C@@]4(C)CC[C@@H]32)C1. The van der Waals surface area contributed by atoms with Gasteiger partial charge in [-0.05, 0) is 294 Å². The summed E-state index contributed by atoms with van der Waals surface area (Å²) in [6.07, 6.45) is 46.4. The number of para-hydroxylation sites is 1. The van der Waals surface area contributed by atoms with Gasteiger partial charge in [-0.3, -0.25) is 0 Å². The summed E-state index contributed by atoms with van der Waals surface area (Å²) in [5, 5.41) is 0. The van der Waals surface area contributed by atoms with Crippen molar-refractivity contribution in [1.82, 2.24) is 4.98 Å². The molecule has 79 heavy (non-hydrogen) atoms. The van der Waals surface area contributed by atoms with E-state index in [1.807, 2.05) is 29.8 Å². The maximum atomic E-state index is 13.4. The van der Waals surface area contributed by atoms with Crippen LogP contribution in [0.5, 0.6) is 0 Å². The van der Waals surface area contributed by atoms with Gasteiger partial charge in [-0.25, -0.2) is 13.4 Å². The Kier molecular flexibility index (Phi) is 18.4. The fourth-order valence-corrected chi connectivity index (χ4v) is 24.6. The fraction of sp³-hybridized carbons (Fsp3) is 0.797. The van der Waals surface area contributed by atoms with Crippen molar-refractivity contribution < 1.29 is 8.42 Å². The maximum absolute atomic E-state index is 13.4. The zero-order valence-electron chi connectivity index (χ0n) is 52.6. The van der Waals surface area contributed by atoms with E-state index in [4.69, 9.17) is 0 Å². The molecule has 0 radical (unpaired) electrons. The predicted molar refractivity (Wildman–Crippen MR) is 339 cm³/mol. The van der Waals surface area contributed by atoms with Gasteiger partial charge >= 0.3 is 0 Å². The monoisotopic (exact) mass is 1110 g/mol. The Bertz CT molecular complexity index is 2570. The number of aromatic nitrogens is 1. The highest BCUT2D eigenvalue weighted by molar-refractivity contribution is 7.93. The number of hydrogen-bond donors (Lipinski definition) is 0. The van der Waals surface area contributed by atoms with E-state index in [1.165, 1.54) is 165 Å². The molecule has 0 spiro atoms. The van der Waals surface area contributed by atoms with Gasteiger partial charge in [0.05, 0.1) is 16.0 Å². The van der Waals surface area contributed by atoms with Crippen molar-refractivity contribution >= 4 is 31.4 Å². The molecule has 0 unspecified atom stereocenters. The highest BCUT2D eigenvalue weighted by Crippen LogP contribution is 2.69. The molecule has 3 nitrogen and oxygen atoms in total. The lowest BCUT2D eigenvalue weighted by molar-refractivity contribution is -0.0501. The lowest BCUT2D eigenvalue weighted by Gasteiger charge is -2.58. The second-order valence-electron chi connectivity index (χ2n) is 31.7. The zero-order chi connectivity index (χ0) is 56.2. The zero-order valence-corrected chi connectivity index (χ0v) is 54.2. The van der Waals surface area contributed by atoms with Crippen LogP contribution in [0.3, 0.4) is 0 Å². The minimum absolute atomic E-state index is 0.166. The van der Waals surface area contributed by atoms with E-state index in [-0.39, 0.29) is 17.1 Å². The molecular formula is C74H115NO2S2. The molecule has 16 atom stereocenters. The second kappa shape index (κ2) is 24.2. The molecule has 0 bridgehead atoms. The van der Waals surface area contributed by atoms with Crippen LogP contribution in [0, 0.1) is 128 Å². The number of nitrogens with zero attached hydrogens (tertiary/aromatic N) is 1. The van der Waals surface area contributed by atoms with Crippen molar-refractivity contribution in [3.8, 4) is 0 Å². The molecule has 8 saturated carbocycles. The molecule has 1 aromatic carbocycles. The molecule has 1 aromatic heterocycles. The Hall–Kier alpha value is -1.98. The molecule has 0 saturated heterocycles. The number of hydrogen-bond acceptors (Lipinski definition) is 4. The largest absolute Gasteiger partial charge is 0.225 e. The highest BCUT2D eigenvalue weighted by Gasteiger charge is 2.61. The first kappa shape index (κ1) is 60.2. The minimum atomic E-state index is -3.38. The van der Waals surface area contributed by atoms with Crippen LogP contribution in [-0.4, -0.2) is 19.2 Å². The third-order valence-corrected chi connectivity index (χ3v) is 30.2. The van der Waals surface area contributed by atoms with E-state index >= 15 is 0 Å². The van der Waals surface area contributed by atoms with E-state index in [1.54, 1.807) is 5.57 Å². The van der Waals surface area contributed by atoms with Crippen LogP contribution in [0.4, 0.5) is 0 Å². The number of thiazole rings is 1. The summed E-state index contributed by atoms with van der Waals surface area (Å²) in [7, 11) is -3.38. The molecule has 8 fully saturated rings. The van der Waals surface area contributed by atoms with Gasteiger partial charge in [0.1, 0.15) is 0 Å². The molecule has 440 valence electrons. The normalized spacial score (nSPS) is 42.6. The van der Waals surface area contributed by atoms with Crippen LogP contribution in [0.15, 0.2) is 76.7 Å². The van der Waals surface area contributed by atoms with Gasteiger partial charge in [-0.2, -0.15) is 0 Å². The maximum Gasteiger partial charge on any atom is 0.210 e. The van der Waals surface area contributed by atoms with Gasteiger partial charge in [0, 0.05) is 0 Å². The van der Waals surface area contributed by atoms with Gasteiger partial charge in [0.2, 0.25) is 14.2 Å². The molecule has 1 heterocycles. The van der Waals surface area contributed by atoms with Gasteiger partial charge in [0.15, 0.2) is 0 Å². The fourth-order valence-electron chi connectivity index (χ4n) is 21.6. The number of sulfone groups is 1. The van der Waals surface area contributed by atoms with Crippen molar-refractivity contribution in [1.29, 1.82) is 0 Å². The Balaban J connectivity index is 0.000000150. The van der Waals surface area contributed by atoms with Crippen LogP contribution in [0.1, 0.15) is 237 Å². The van der Waals surface area contributed by atoms with E-state index in [0.717, 1.165) is 105 Å². The smallest absolute Gasteiger partial charge is 0.210 e. The second-order valence-corrected chi connectivity index (χ2v) is 34.9. The Morgan fingerprint density at radius 1 is 0.608 bits per heavy atom. The topological polar surface area (TPSA) is 47.0 Å². The Labute approximate surface area is 489 Å². The first-order chi connectivity index (χ1) is 37.6. The van der Waals surface area contributed by atoms with E-state index in [2.05, 4.69) is 125 Å². The molecule has 0 amide bonds. The van der Waals surface area contributed by atoms with Crippen molar-refractivity contribution in [2.45, 2.75) is 242 Å². The van der Waals surface area contributed by atoms with Crippen LogP contribution in [-0.2, 0) is 9.84 Å². The summed E-state index contributed by atoms with van der Waals surface area (Å²) in [5.41, 5.74) is 6.24. The standard InChI is InChI=1S/C33H54.C30H41NO2S2.C11H20/c1-22(2)26-11-9-25(10-12-26)8-7-24(4)29-15-16-30-28-14-13-27-21-23(3)17-19-32(27,5)31(28)18-20-33(29,30)6;1-19-13-15-29(3)21(17-19)9-10-22-24-12-11-23(30(24,4)16-14-25(22)29)20(2)18-35(32,33)28-31-26-7-5-6-8-27(26)34-28;1-4-10-5-7-11(8-6-10)9(2)3/h7-8,13,22-26,28-31H,9-12,14-21H2,1-6H3;5-9,19-20,22-25H,10-18H2,1-4H3;4,9-11H,1,5-8H2,2-3H3/b8-7+;;/t23-,24+,25?,26?,28-,29+,30-,31-,32-,33+;19-,20+,22-,23+,24-,25-,29-,30+;/m00./s1. The average molecular weight is 1110 g/mol. The summed E-state index contributed by atoms with van der Waals surface area (Å²) in [6, 6.07) is 7.75. The average Bonchev–Trinajstić information content (AvgIpc) is 3.69. The molecule has 10 aliphatic carbocycles. The highest BCUT2D eigenvalue weighted by atomic mass is 32.2. The number of benzene rings is 1. The van der Waals surface area contributed by atoms with Crippen molar-refractivity contribution in [3.05, 3.63) is 72.4 Å². The first-order valence-corrected chi connectivity index (χ1v) is 36.3. The third kappa shape index (κ3) is 11.9. The van der Waals surface area contributed by atoms with Crippen molar-refractivity contribution in [2.75, 3.05) is 5.75 Å². The van der Waals surface area contributed by atoms with E-state index < -0.39 is 9.84 Å². The minimum Gasteiger partial charge on any atom is -0.225 e. The summed E-state index contributed by atoms with van der Waals surface area (Å²) in [4.78, 5) is 4.49.